The maximum Gasteiger partial charge on any atom is -0.0209 e. The zero-order valence-corrected chi connectivity index (χ0v) is 16.1. The molecule has 0 aromatic heterocycles. The number of hydrogen-bond donors (Lipinski definition) is 0. The smallest absolute Gasteiger partial charge is 0.0209 e. The molecule has 0 aromatic rings. The van der Waals surface area contributed by atoms with Gasteiger partial charge in [-0.15, -0.1) is 15.8 Å². The first-order valence-electron chi connectivity index (χ1n) is 9.26. The van der Waals surface area contributed by atoms with Crippen LogP contribution in [0.4, 0.5) is 0 Å². The zero-order valence-electron chi connectivity index (χ0n) is 14.3. The summed E-state index contributed by atoms with van der Waals surface area (Å²) in [5.74, 6) is 0. The molecule has 118 valence electrons. The summed E-state index contributed by atoms with van der Waals surface area (Å²) >= 11 is 0. The fourth-order valence-corrected chi connectivity index (χ4v) is 13.0. The molecule has 6 atom stereocenters. The maximum absolute atomic E-state index is 2.45. The van der Waals surface area contributed by atoms with Crippen molar-refractivity contribution in [2.75, 3.05) is 12.3 Å². The Morgan fingerprint density at radius 3 is 1.00 bits per heavy atom. The lowest BCUT2D eigenvalue weighted by Gasteiger charge is -2.30. The van der Waals surface area contributed by atoms with Crippen LogP contribution >= 0.6 is 15.8 Å². The summed E-state index contributed by atoms with van der Waals surface area (Å²) in [4.78, 5) is 0. The molecular weight excluding hydrogens is 278 g/mol. The molecule has 0 aliphatic carbocycles. The maximum atomic E-state index is 2.45. The molecule has 0 radical (unpaired) electrons. The van der Waals surface area contributed by atoms with Crippen molar-refractivity contribution in [1.82, 2.24) is 0 Å². The molecule has 2 aliphatic heterocycles. The van der Waals surface area contributed by atoms with Crippen molar-refractivity contribution < 1.29 is 0 Å². The average molecular weight is 314 g/mol. The Morgan fingerprint density at radius 2 is 0.800 bits per heavy atom. The molecule has 2 saturated heterocycles. The second-order valence-electron chi connectivity index (χ2n) is 6.88. The molecule has 0 bridgehead atoms. The van der Waals surface area contributed by atoms with E-state index in [0.717, 1.165) is 22.6 Å². The quantitative estimate of drug-likeness (QED) is 0.461. The van der Waals surface area contributed by atoms with Crippen LogP contribution in [0.1, 0.15) is 79.1 Å². The molecule has 0 saturated carbocycles. The van der Waals surface area contributed by atoms with Crippen LogP contribution in [-0.4, -0.2) is 35.0 Å². The lowest BCUT2D eigenvalue weighted by Crippen LogP contribution is -2.12. The van der Waals surface area contributed by atoms with Crippen LogP contribution < -0.4 is 0 Å². The summed E-state index contributed by atoms with van der Waals surface area (Å²) in [6.45, 7) is 9.79. The molecule has 20 heavy (non-hydrogen) atoms. The molecule has 0 spiro atoms. The summed E-state index contributed by atoms with van der Waals surface area (Å²) in [6, 6.07) is 0. The van der Waals surface area contributed by atoms with Gasteiger partial charge in [0, 0.05) is 0 Å². The van der Waals surface area contributed by atoms with Gasteiger partial charge in [0.2, 0.25) is 0 Å². The van der Waals surface area contributed by atoms with E-state index < -0.39 is 0 Å². The summed E-state index contributed by atoms with van der Waals surface area (Å²) in [7, 11) is 0.759. The normalized spacial score (nSPS) is 41.4. The van der Waals surface area contributed by atoms with Crippen molar-refractivity contribution in [3.63, 3.8) is 0 Å². The predicted molar refractivity (Wildman–Crippen MR) is 98.4 cm³/mol. The van der Waals surface area contributed by atoms with Gasteiger partial charge < -0.3 is 0 Å². The first kappa shape index (κ1) is 17.2. The molecule has 0 N–H and O–H groups in total. The van der Waals surface area contributed by atoms with E-state index >= 15 is 0 Å². The second kappa shape index (κ2) is 8.48. The Kier molecular flexibility index (Phi) is 7.30. The van der Waals surface area contributed by atoms with Crippen molar-refractivity contribution in [1.29, 1.82) is 0 Å². The first-order valence-corrected chi connectivity index (χ1v) is 12.6. The summed E-state index contributed by atoms with van der Waals surface area (Å²) in [6.07, 6.45) is 15.4. The Hall–Kier alpha value is 0.860. The molecular formula is C18H36P2. The third kappa shape index (κ3) is 3.79. The van der Waals surface area contributed by atoms with Crippen LogP contribution in [0, 0.1) is 0 Å². The standard InChI is InChI=1S/C18H36P2/c1-5-15-9-10-16(6-2)19(15)13-14-20-17(7-3)11-12-18(20)8-4/h15-18H,5-14H2,1-4H3/t15-,16?,17-,18?,19?,20?/m0/s1. The van der Waals surface area contributed by atoms with E-state index in [1.165, 1.54) is 25.7 Å². The third-order valence-electron chi connectivity index (χ3n) is 6.04. The minimum Gasteiger partial charge on any atom is -0.100 e. The van der Waals surface area contributed by atoms with Gasteiger partial charge in [-0.2, -0.15) is 0 Å². The van der Waals surface area contributed by atoms with E-state index in [-0.39, 0.29) is 0 Å². The largest absolute Gasteiger partial charge is 0.100 e. The topological polar surface area (TPSA) is 0 Å². The lowest BCUT2D eigenvalue weighted by molar-refractivity contribution is 0.696. The van der Waals surface area contributed by atoms with Gasteiger partial charge in [0.05, 0.1) is 0 Å². The monoisotopic (exact) mass is 314 g/mol. The minimum absolute atomic E-state index is 0.380. The second-order valence-corrected chi connectivity index (χ2v) is 12.8. The minimum atomic E-state index is 0.380. The van der Waals surface area contributed by atoms with Crippen molar-refractivity contribution in [2.45, 2.75) is 102 Å². The molecule has 4 unspecified atom stereocenters. The van der Waals surface area contributed by atoms with Crippen LogP contribution in [0.25, 0.3) is 0 Å². The summed E-state index contributed by atoms with van der Waals surface area (Å²) in [5, 5.41) is 0. The van der Waals surface area contributed by atoms with E-state index in [2.05, 4.69) is 27.7 Å². The molecule has 2 rings (SSSR count). The number of hydrogen-bond acceptors (Lipinski definition) is 0. The molecule has 2 fully saturated rings. The van der Waals surface area contributed by atoms with Crippen LogP contribution in [0.3, 0.4) is 0 Å². The Morgan fingerprint density at radius 1 is 0.550 bits per heavy atom. The average Bonchev–Trinajstić information content (AvgIpc) is 3.07. The van der Waals surface area contributed by atoms with Crippen molar-refractivity contribution >= 4 is 15.8 Å². The van der Waals surface area contributed by atoms with Gasteiger partial charge in [-0.25, -0.2) is 0 Å². The Bertz CT molecular complexity index is 227. The highest BCUT2D eigenvalue weighted by Crippen LogP contribution is 2.63. The summed E-state index contributed by atoms with van der Waals surface area (Å²) in [5.41, 5.74) is 4.53. The molecule has 2 aliphatic rings. The predicted octanol–water partition coefficient (Wildman–Crippen LogP) is 6.65. The van der Waals surface area contributed by atoms with E-state index in [4.69, 9.17) is 0 Å². The van der Waals surface area contributed by atoms with Gasteiger partial charge in [0.15, 0.2) is 0 Å². The van der Waals surface area contributed by atoms with Crippen LogP contribution in [0.2, 0.25) is 0 Å². The number of rotatable bonds is 7. The summed E-state index contributed by atoms with van der Waals surface area (Å²) < 4.78 is 0. The van der Waals surface area contributed by atoms with E-state index in [0.29, 0.717) is 15.8 Å². The van der Waals surface area contributed by atoms with Crippen molar-refractivity contribution in [2.24, 2.45) is 0 Å². The lowest BCUT2D eigenvalue weighted by atomic mass is 10.1. The van der Waals surface area contributed by atoms with Gasteiger partial charge in [0.25, 0.3) is 0 Å². The fraction of sp³-hybridized carbons (Fsp3) is 1.00. The Balaban J connectivity index is 1.91. The molecule has 2 heteroatoms. The highest BCUT2D eigenvalue weighted by molar-refractivity contribution is 7.63. The SMILES string of the molecule is CCC1CC[C@H](CC)P1CCP1C(CC)CC[C@@H]1CC. The first-order chi connectivity index (χ1) is 9.74. The Labute approximate surface area is 130 Å². The van der Waals surface area contributed by atoms with Gasteiger partial charge in [-0.1, -0.05) is 27.7 Å². The van der Waals surface area contributed by atoms with E-state index in [1.807, 2.05) is 0 Å². The van der Waals surface area contributed by atoms with E-state index in [1.54, 1.807) is 38.0 Å². The zero-order chi connectivity index (χ0) is 14.5. The highest BCUT2D eigenvalue weighted by atomic mass is 31.1. The van der Waals surface area contributed by atoms with Crippen molar-refractivity contribution in [3.8, 4) is 0 Å². The molecule has 0 nitrogen and oxygen atoms in total. The molecule has 2 heterocycles. The third-order valence-corrected chi connectivity index (χ3v) is 14.1. The highest BCUT2D eigenvalue weighted by Gasteiger charge is 2.37. The van der Waals surface area contributed by atoms with Crippen LogP contribution in [-0.2, 0) is 0 Å². The van der Waals surface area contributed by atoms with Gasteiger partial charge in [0.1, 0.15) is 0 Å². The van der Waals surface area contributed by atoms with Crippen LogP contribution in [0.5, 0.6) is 0 Å². The molecule has 0 aromatic carbocycles. The van der Waals surface area contributed by atoms with Crippen LogP contribution in [0.15, 0.2) is 0 Å². The van der Waals surface area contributed by atoms with Crippen molar-refractivity contribution in [3.05, 3.63) is 0 Å². The fourth-order valence-electron chi connectivity index (χ4n) is 4.74. The van der Waals surface area contributed by atoms with Gasteiger partial charge >= 0.3 is 0 Å². The van der Waals surface area contributed by atoms with Gasteiger partial charge in [-0.05, 0) is 86.3 Å². The van der Waals surface area contributed by atoms with E-state index in [9.17, 15) is 0 Å². The molecule has 0 amide bonds. The van der Waals surface area contributed by atoms with Gasteiger partial charge in [-0.3, -0.25) is 0 Å².